The second-order valence-electron chi connectivity index (χ2n) is 18.4. The van der Waals surface area contributed by atoms with Crippen molar-refractivity contribution in [1.29, 1.82) is 0 Å². The Balaban J connectivity index is 0.938. The molecular formula is C61H48N2O4. The van der Waals surface area contributed by atoms with Gasteiger partial charge in [0, 0.05) is 45.0 Å². The molecule has 6 heteroatoms. The standard InChI is InChI=1S/C61H48N2O4/c1-7-9-19-40(8-2)62(41-20-13-10-14-21-41)44-28-32-48-46-30-26-38(34-50(46)60(3,4)52(48)36-44)54-56-57(67-58(54)64)55(59(65)66-56)39-27-31-47-49-33-29-45(37-53(49)61(5,6)51(47)35-39)63(42-22-15-11-16-23-42)43-24-17-12-18-25-43/h7-37H,2H2,1,3-6H3/b9-7-,40-19+. The summed E-state index contributed by atoms with van der Waals surface area (Å²) in [5.74, 6) is -0.756. The number of rotatable bonds is 10. The first kappa shape index (κ1) is 41.5. The number of benzene rings is 7. The summed E-state index contributed by atoms with van der Waals surface area (Å²) in [4.78, 5) is 32.4. The molecule has 0 saturated carbocycles. The summed E-state index contributed by atoms with van der Waals surface area (Å²) in [7, 11) is 0. The van der Waals surface area contributed by atoms with Gasteiger partial charge in [0.15, 0.2) is 11.5 Å². The molecule has 2 heterocycles. The highest BCUT2D eigenvalue weighted by atomic mass is 16.6. The van der Waals surface area contributed by atoms with Crippen LogP contribution in [0.4, 0.5) is 28.4 Å². The van der Waals surface area contributed by atoms with E-state index in [1.165, 1.54) is 5.56 Å². The van der Waals surface area contributed by atoms with Crippen LogP contribution < -0.4 is 9.80 Å². The van der Waals surface area contributed by atoms with E-state index in [2.05, 4.69) is 171 Å². The second kappa shape index (κ2) is 15.7. The molecule has 0 unspecified atom stereocenters. The molecule has 0 N–H and O–H groups in total. The van der Waals surface area contributed by atoms with Crippen LogP contribution >= 0.6 is 0 Å². The third kappa shape index (κ3) is 6.54. The number of hydrogen-bond acceptors (Lipinski definition) is 6. The van der Waals surface area contributed by atoms with E-state index in [1.807, 2.05) is 67.6 Å². The maximum absolute atomic E-state index is 14.0. The summed E-state index contributed by atoms with van der Waals surface area (Å²) < 4.78 is 12.0. The van der Waals surface area contributed by atoms with Gasteiger partial charge in [-0.1, -0.05) is 137 Å². The Bertz CT molecular complexity index is 3310. The molecule has 0 atom stereocenters. The van der Waals surface area contributed by atoms with Gasteiger partial charge < -0.3 is 19.3 Å². The number of hydrogen-bond donors (Lipinski definition) is 0. The quantitative estimate of drug-likeness (QED) is 0.101. The lowest BCUT2D eigenvalue weighted by atomic mass is 9.81. The van der Waals surface area contributed by atoms with E-state index in [4.69, 9.17) is 9.47 Å². The third-order valence-corrected chi connectivity index (χ3v) is 13.8. The average molecular weight is 873 g/mol. The Morgan fingerprint density at radius 3 is 1.34 bits per heavy atom. The van der Waals surface area contributed by atoms with Crippen molar-refractivity contribution in [2.75, 3.05) is 9.80 Å². The minimum absolute atomic E-state index is 0.165. The Kier molecular flexibility index (Phi) is 9.75. The molecule has 7 aromatic rings. The minimum Gasteiger partial charge on any atom is -0.418 e. The van der Waals surface area contributed by atoms with Crippen molar-refractivity contribution in [2.45, 2.75) is 45.4 Å². The van der Waals surface area contributed by atoms with E-state index in [-0.39, 0.29) is 22.7 Å². The van der Waals surface area contributed by atoms with Gasteiger partial charge in [0.1, 0.15) is 11.1 Å². The molecular weight excluding hydrogens is 825 g/mol. The van der Waals surface area contributed by atoms with Gasteiger partial charge in [0.2, 0.25) is 0 Å². The van der Waals surface area contributed by atoms with Crippen LogP contribution in [0.15, 0.2) is 212 Å². The Morgan fingerprint density at radius 1 is 0.493 bits per heavy atom. The molecule has 0 fully saturated rings. The van der Waals surface area contributed by atoms with E-state index in [0.717, 1.165) is 73.1 Å². The lowest BCUT2D eigenvalue weighted by Crippen LogP contribution is -2.18. The van der Waals surface area contributed by atoms with E-state index in [9.17, 15) is 9.59 Å². The first-order valence-electron chi connectivity index (χ1n) is 22.7. The molecule has 2 aliphatic heterocycles. The summed E-state index contributed by atoms with van der Waals surface area (Å²) in [5.41, 5.74) is 16.1. The van der Waals surface area contributed by atoms with E-state index < -0.39 is 22.8 Å². The van der Waals surface area contributed by atoms with E-state index >= 15 is 0 Å². The van der Waals surface area contributed by atoms with Gasteiger partial charge in [-0.3, -0.25) is 0 Å². The van der Waals surface area contributed by atoms with Crippen molar-refractivity contribution >= 4 is 51.5 Å². The zero-order chi connectivity index (χ0) is 46.2. The molecule has 6 nitrogen and oxygen atoms in total. The van der Waals surface area contributed by atoms with Crippen LogP contribution in [0.3, 0.4) is 0 Å². The van der Waals surface area contributed by atoms with E-state index in [1.54, 1.807) is 0 Å². The molecule has 67 heavy (non-hydrogen) atoms. The van der Waals surface area contributed by atoms with Crippen LogP contribution in [-0.4, -0.2) is 11.9 Å². The predicted molar refractivity (Wildman–Crippen MR) is 270 cm³/mol. The fourth-order valence-corrected chi connectivity index (χ4v) is 10.5. The lowest BCUT2D eigenvalue weighted by molar-refractivity contribution is -0.131. The summed E-state index contributed by atoms with van der Waals surface area (Å²) in [6.45, 7) is 15.0. The molecule has 0 spiro atoms. The largest absolute Gasteiger partial charge is 0.418 e. The van der Waals surface area contributed by atoms with Gasteiger partial charge in [-0.05, 0) is 148 Å². The zero-order valence-corrected chi connectivity index (χ0v) is 38.1. The van der Waals surface area contributed by atoms with Crippen molar-refractivity contribution in [3.8, 4) is 22.3 Å². The second-order valence-corrected chi connectivity index (χ2v) is 18.4. The lowest BCUT2D eigenvalue weighted by Gasteiger charge is -2.28. The molecule has 4 aliphatic rings. The van der Waals surface area contributed by atoms with E-state index in [0.29, 0.717) is 11.1 Å². The average Bonchev–Trinajstić information content (AvgIpc) is 3.98. The summed E-state index contributed by atoms with van der Waals surface area (Å²) in [6.07, 6.45) is 7.96. The molecule has 0 radical (unpaired) electrons. The maximum Gasteiger partial charge on any atom is 0.348 e. The Morgan fingerprint density at radius 2 is 0.896 bits per heavy atom. The van der Waals surface area contributed by atoms with Crippen molar-refractivity contribution < 1.29 is 19.1 Å². The van der Waals surface area contributed by atoms with Gasteiger partial charge in [-0.15, -0.1) is 0 Å². The van der Waals surface area contributed by atoms with Crippen LogP contribution in [0.1, 0.15) is 68.0 Å². The van der Waals surface area contributed by atoms with Gasteiger partial charge in [0.05, 0.1) is 0 Å². The van der Waals surface area contributed by atoms with Crippen molar-refractivity contribution in [2.24, 2.45) is 0 Å². The van der Waals surface area contributed by atoms with Crippen molar-refractivity contribution in [3.05, 3.63) is 245 Å². The number of nitrogens with zero attached hydrogens (tertiary/aromatic N) is 2. The molecule has 0 amide bonds. The topological polar surface area (TPSA) is 59.1 Å². The molecule has 0 aromatic heterocycles. The minimum atomic E-state index is -0.545. The summed E-state index contributed by atoms with van der Waals surface area (Å²) in [5, 5.41) is 0. The molecule has 0 bridgehead atoms. The SMILES string of the molecule is C=C/C(=C\C=C/C)N(c1ccccc1)c1ccc2c(c1)C(C)(C)c1cc(C3=C4OC(=O)C(c5ccc6c(c5)C(C)(C)c5cc(N(c7ccccc7)c7ccccc7)ccc5-6)=C4OC3=O)ccc1-2. The number of fused-ring (bicyclic) bond motifs is 7. The summed E-state index contributed by atoms with van der Waals surface area (Å²) in [6, 6.07) is 56.4. The Labute approximate surface area is 391 Å². The number of anilines is 5. The van der Waals surface area contributed by atoms with Gasteiger partial charge in [-0.25, -0.2) is 9.59 Å². The number of carbonyl (C=O) groups excluding carboxylic acids is 2. The van der Waals surface area contributed by atoms with Gasteiger partial charge >= 0.3 is 11.9 Å². The normalized spacial score (nSPS) is 16.0. The maximum atomic E-state index is 14.0. The summed E-state index contributed by atoms with van der Waals surface area (Å²) >= 11 is 0. The number of allylic oxidation sites excluding steroid dienone is 4. The van der Waals surface area contributed by atoms with Crippen LogP contribution in [-0.2, 0) is 29.9 Å². The monoisotopic (exact) mass is 872 g/mol. The highest BCUT2D eigenvalue weighted by Crippen LogP contribution is 2.54. The first-order valence-corrected chi connectivity index (χ1v) is 22.7. The predicted octanol–water partition coefficient (Wildman–Crippen LogP) is 14.8. The van der Waals surface area contributed by atoms with Crippen LogP contribution in [0.25, 0.3) is 33.4 Å². The highest BCUT2D eigenvalue weighted by Gasteiger charge is 2.46. The molecule has 0 saturated heterocycles. The molecule has 11 rings (SSSR count). The van der Waals surface area contributed by atoms with Gasteiger partial charge in [-0.2, -0.15) is 0 Å². The number of para-hydroxylation sites is 3. The fraction of sp³-hybridized carbons (Fsp3) is 0.115. The molecule has 7 aromatic carbocycles. The van der Waals surface area contributed by atoms with Crippen molar-refractivity contribution in [1.82, 2.24) is 0 Å². The van der Waals surface area contributed by atoms with Crippen LogP contribution in [0.2, 0.25) is 0 Å². The van der Waals surface area contributed by atoms with Crippen LogP contribution in [0, 0.1) is 0 Å². The smallest absolute Gasteiger partial charge is 0.348 e. The van der Waals surface area contributed by atoms with Crippen LogP contribution in [0.5, 0.6) is 0 Å². The highest BCUT2D eigenvalue weighted by molar-refractivity contribution is 6.29. The van der Waals surface area contributed by atoms with Gasteiger partial charge in [0.25, 0.3) is 0 Å². The number of ether oxygens (including phenoxy) is 2. The zero-order valence-electron chi connectivity index (χ0n) is 38.1. The fourth-order valence-electron chi connectivity index (χ4n) is 10.5. The van der Waals surface area contributed by atoms with Crippen molar-refractivity contribution in [3.63, 3.8) is 0 Å². The molecule has 326 valence electrons. The first-order chi connectivity index (χ1) is 32.5. The Hall–Kier alpha value is -8.22. The molecule has 2 aliphatic carbocycles. The third-order valence-electron chi connectivity index (χ3n) is 13.8. The number of esters is 2. The number of carbonyl (C=O) groups is 2.